The first-order valence-corrected chi connectivity index (χ1v) is 10.7. The number of aromatic amines is 1. The number of hydrogen-bond acceptors (Lipinski definition) is 4. The molecule has 2 aromatic carbocycles. The minimum atomic E-state index is -0.931. The molecule has 1 N–H and O–H groups in total. The Morgan fingerprint density at radius 2 is 1.91 bits per heavy atom. The molecule has 1 fully saturated rings. The predicted molar refractivity (Wildman–Crippen MR) is 119 cm³/mol. The van der Waals surface area contributed by atoms with Gasteiger partial charge in [0.15, 0.2) is 11.5 Å². The fourth-order valence-electron chi connectivity index (χ4n) is 4.22. The van der Waals surface area contributed by atoms with Crippen LogP contribution in [0.3, 0.4) is 0 Å². The molecule has 0 radical (unpaired) electrons. The molecule has 1 atom stereocenters. The average Bonchev–Trinajstić information content (AvgIpc) is 3.47. The van der Waals surface area contributed by atoms with Crippen LogP contribution in [-0.4, -0.2) is 41.2 Å². The first kappa shape index (κ1) is 21.9. The van der Waals surface area contributed by atoms with E-state index in [1.54, 1.807) is 39.2 Å². The second kappa shape index (κ2) is 9.02. The summed E-state index contributed by atoms with van der Waals surface area (Å²) in [6.07, 6.45) is 0.816. The van der Waals surface area contributed by atoms with Gasteiger partial charge in [0.1, 0.15) is 12.4 Å². The Balaban J connectivity index is 1.39. The second-order valence-corrected chi connectivity index (χ2v) is 8.60. The topological polar surface area (TPSA) is 67.5 Å². The number of nitrogens with zero attached hydrogens (tertiary/aromatic N) is 2. The third-order valence-corrected chi connectivity index (χ3v) is 6.08. The van der Waals surface area contributed by atoms with Crippen LogP contribution in [0.5, 0.6) is 11.5 Å². The van der Waals surface area contributed by atoms with Gasteiger partial charge in [0.2, 0.25) is 5.91 Å². The number of rotatable bonds is 7. The molecule has 4 rings (SSSR count). The van der Waals surface area contributed by atoms with Crippen LogP contribution in [-0.2, 0) is 16.8 Å². The van der Waals surface area contributed by atoms with Gasteiger partial charge in [-0.15, -0.1) is 0 Å². The van der Waals surface area contributed by atoms with E-state index in [1.165, 1.54) is 6.07 Å². The number of halogens is 1. The quantitative estimate of drug-likeness (QED) is 0.594. The number of likely N-dealkylation sites (tertiary alicyclic amines) is 1. The lowest BCUT2D eigenvalue weighted by Gasteiger charge is -2.30. The van der Waals surface area contributed by atoms with Gasteiger partial charge in [0.05, 0.1) is 23.9 Å². The van der Waals surface area contributed by atoms with Gasteiger partial charge < -0.3 is 14.4 Å². The van der Waals surface area contributed by atoms with Gasteiger partial charge in [-0.2, -0.15) is 5.10 Å². The minimum Gasteiger partial charge on any atom is -0.493 e. The molecule has 1 aromatic heterocycles. The standard InChI is InChI=1S/C25H28FN3O3/c1-25(2,19-8-4-5-9-20(19)26)24(30)29-13-12-17(15-29)21-14-18(27-28-21)16-32-23-11-7-6-10-22(23)31-3/h4-11,14,17H,12-13,15-16H2,1-3H3,(H,27,28). The van der Waals surface area contributed by atoms with Crippen LogP contribution in [0.2, 0.25) is 0 Å². The zero-order chi connectivity index (χ0) is 22.7. The molecule has 3 aromatic rings. The van der Waals surface area contributed by atoms with E-state index in [2.05, 4.69) is 10.2 Å². The van der Waals surface area contributed by atoms with Crippen molar-refractivity contribution in [3.8, 4) is 11.5 Å². The highest BCUT2D eigenvalue weighted by molar-refractivity contribution is 5.87. The van der Waals surface area contributed by atoms with Crippen molar-refractivity contribution < 1.29 is 18.7 Å². The molecule has 0 saturated carbocycles. The van der Waals surface area contributed by atoms with Crippen LogP contribution in [0.1, 0.15) is 43.1 Å². The summed E-state index contributed by atoms with van der Waals surface area (Å²) in [4.78, 5) is 15.0. The fraction of sp³-hybridized carbons (Fsp3) is 0.360. The molecule has 6 nitrogen and oxygen atoms in total. The summed E-state index contributed by atoms with van der Waals surface area (Å²) in [6, 6.07) is 15.9. The van der Waals surface area contributed by atoms with Crippen molar-refractivity contribution in [1.82, 2.24) is 15.1 Å². The number of carbonyl (C=O) groups excluding carboxylic acids is 1. The summed E-state index contributed by atoms with van der Waals surface area (Å²) < 4.78 is 25.5. The number of carbonyl (C=O) groups is 1. The largest absolute Gasteiger partial charge is 0.493 e. The molecule has 32 heavy (non-hydrogen) atoms. The highest BCUT2D eigenvalue weighted by Crippen LogP contribution is 2.33. The minimum absolute atomic E-state index is 0.0691. The number of hydrogen-bond donors (Lipinski definition) is 1. The van der Waals surface area contributed by atoms with Gasteiger partial charge in [-0.1, -0.05) is 30.3 Å². The highest BCUT2D eigenvalue weighted by Gasteiger charge is 2.39. The van der Waals surface area contributed by atoms with Gasteiger partial charge in [0, 0.05) is 24.6 Å². The van der Waals surface area contributed by atoms with Crippen LogP contribution in [0.25, 0.3) is 0 Å². The Hall–Kier alpha value is -3.35. The molecule has 0 spiro atoms. The molecule has 2 heterocycles. The zero-order valence-electron chi connectivity index (χ0n) is 18.6. The van der Waals surface area contributed by atoms with Gasteiger partial charge in [-0.25, -0.2) is 4.39 Å². The van der Waals surface area contributed by atoms with E-state index in [0.29, 0.717) is 36.8 Å². The van der Waals surface area contributed by atoms with Gasteiger partial charge in [0.25, 0.3) is 0 Å². The van der Waals surface area contributed by atoms with E-state index < -0.39 is 5.41 Å². The third-order valence-electron chi connectivity index (χ3n) is 6.08. The Bertz CT molecular complexity index is 1100. The first-order valence-electron chi connectivity index (χ1n) is 10.7. The van der Waals surface area contributed by atoms with E-state index >= 15 is 0 Å². The van der Waals surface area contributed by atoms with Gasteiger partial charge >= 0.3 is 0 Å². The number of methoxy groups -OCH3 is 1. The van der Waals surface area contributed by atoms with Crippen molar-refractivity contribution in [1.29, 1.82) is 0 Å². The highest BCUT2D eigenvalue weighted by atomic mass is 19.1. The summed E-state index contributed by atoms with van der Waals surface area (Å²) in [5, 5.41) is 7.48. The fourth-order valence-corrected chi connectivity index (χ4v) is 4.22. The summed E-state index contributed by atoms with van der Waals surface area (Å²) >= 11 is 0. The van der Waals surface area contributed by atoms with Crippen molar-refractivity contribution in [2.75, 3.05) is 20.2 Å². The molecule has 168 valence electrons. The molecule has 1 unspecified atom stereocenters. The molecular weight excluding hydrogens is 409 g/mol. The monoisotopic (exact) mass is 437 g/mol. The molecule has 1 amide bonds. The van der Waals surface area contributed by atoms with Crippen LogP contribution >= 0.6 is 0 Å². The summed E-state index contributed by atoms with van der Waals surface area (Å²) in [5.74, 6) is 1.05. The second-order valence-electron chi connectivity index (χ2n) is 8.60. The lowest BCUT2D eigenvalue weighted by atomic mass is 9.83. The Kier molecular flexibility index (Phi) is 6.17. The van der Waals surface area contributed by atoms with Crippen LogP contribution in [0.15, 0.2) is 54.6 Å². The zero-order valence-corrected chi connectivity index (χ0v) is 18.6. The Labute approximate surface area is 187 Å². The molecule has 1 saturated heterocycles. The maximum atomic E-state index is 14.3. The van der Waals surface area contributed by atoms with E-state index in [9.17, 15) is 9.18 Å². The first-order chi connectivity index (χ1) is 15.4. The number of aromatic nitrogens is 2. The van der Waals surface area contributed by atoms with Crippen LogP contribution in [0, 0.1) is 5.82 Å². The van der Waals surface area contributed by atoms with Crippen molar-refractivity contribution in [2.45, 2.75) is 38.2 Å². The van der Waals surface area contributed by atoms with E-state index in [1.807, 2.05) is 35.2 Å². The molecule has 1 aliphatic rings. The SMILES string of the molecule is COc1ccccc1OCc1cc(C2CCN(C(=O)C(C)(C)c3ccccc3F)C2)n[nH]1. The number of H-pyrrole nitrogens is 1. The number of para-hydroxylation sites is 2. The average molecular weight is 438 g/mol. The normalized spacial score (nSPS) is 16.2. The lowest BCUT2D eigenvalue weighted by Crippen LogP contribution is -2.42. The van der Waals surface area contributed by atoms with Crippen molar-refractivity contribution in [2.24, 2.45) is 0 Å². The Morgan fingerprint density at radius 1 is 1.19 bits per heavy atom. The van der Waals surface area contributed by atoms with Gasteiger partial charge in [-0.3, -0.25) is 9.89 Å². The Morgan fingerprint density at radius 3 is 2.66 bits per heavy atom. The predicted octanol–water partition coefficient (Wildman–Crippen LogP) is 4.43. The lowest BCUT2D eigenvalue weighted by molar-refractivity contribution is -0.135. The van der Waals surface area contributed by atoms with Crippen molar-refractivity contribution in [3.05, 3.63) is 77.4 Å². The van der Waals surface area contributed by atoms with E-state index in [-0.39, 0.29) is 17.6 Å². The van der Waals surface area contributed by atoms with Crippen molar-refractivity contribution in [3.63, 3.8) is 0 Å². The summed E-state index contributed by atoms with van der Waals surface area (Å²) in [5.41, 5.74) is 1.24. The number of benzene rings is 2. The number of amides is 1. The molecule has 0 bridgehead atoms. The van der Waals surface area contributed by atoms with Crippen LogP contribution in [0.4, 0.5) is 4.39 Å². The molecule has 0 aliphatic carbocycles. The summed E-state index contributed by atoms with van der Waals surface area (Å²) in [7, 11) is 1.61. The van der Waals surface area contributed by atoms with Crippen LogP contribution < -0.4 is 9.47 Å². The van der Waals surface area contributed by atoms with Gasteiger partial charge in [-0.05, 0) is 44.5 Å². The molecular formula is C25H28FN3O3. The smallest absolute Gasteiger partial charge is 0.232 e. The maximum Gasteiger partial charge on any atom is 0.232 e. The van der Waals surface area contributed by atoms with E-state index in [4.69, 9.17) is 9.47 Å². The third kappa shape index (κ3) is 4.33. The number of ether oxygens (including phenoxy) is 2. The van der Waals surface area contributed by atoms with Crippen molar-refractivity contribution >= 4 is 5.91 Å². The summed E-state index contributed by atoms with van der Waals surface area (Å²) in [6.45, 7) is 5.09. The number of nitrogens with one attached hydrogen (secondary N) is 1. The molecule has 1 aliphatic heterocycles. The maximum absolute atomic E-state index is 14.3. The molecule has 7 heteroatoms. The van der Waals surface area contributed by atoms with E-state index in [0.717, 1.165) is 17.8 Å².